The van der Waals surface area contributed by atoms with E-state index in [1.54, 1.807) is 0 Å². The van der Waals surface area contributed by atoms with E-state index in [0.29, 0.717) is 11.5 Å². The van der Waals surface area contributed by atoms with Crippen molar-refractivity contribution >= 4 is 17.2 Å². The molecule has 0 bridgehead atoms. The third-order valence-electron chi connectivity index (χ3n) is 11.7. The summed E-state index contributed by atoms with van der Waals surface area (Å²) in [7, 11) is 0. The molecule has 0 saturated carbocycles. The molecule has 0 fully saturated rings. The van der Waals surface area contributed by atoms with Crippen molar-refractivity contribution in [3.63, 3.8) is 0 Å². The maximum Gasteiger partial charge on any atom is 0.146 e. The number of nitrogens with one attached hydrogen (secondary N) is 2. The van der Waals surface area contributed by atoms with Crippen LogP contribution >= 0.6 is 0 Å². The quantitative estimate of drug-likeness (QED) is 0.176. The number of nitrogens with zero attached hydrogens (tertiary/aromatic N) is 2. The normalized spacial score (nSPS) is 17.5. The van der Waals surface area contributed by atoms with Crippen LogP contribution in [0.3, 0.4) is 0 Å². The average Bonchev–Trinajstić information content (AvgIpc) is 3.35. The van der Waals surface area contributed by atoms with Gasteiger partial charge in [0.2, 0.25) is 0 Å². The lowest BCUT2D eigenvalue weighted by Crippen LogP contribution is -2.32. The number of aliphatic imine (C=N–C) groups is 2. The lowest BCUT2D eigenvalue weighted by molar-refractivity contribution is 0.470. The zero-order chi connectivity index (χ0) is 41.2. The number of hydrogen-bond donors (Lipinski definition) is 2. The van der Waals surface area contributed by atoms with Crippen LogP contribution in [0.5, 0.6) is 23.0 Å². The van der Waals surface area contributed by atoms with Crippen molar-refractivity contribution in [2.75, 3.05) is 0 Å². The smallest absolute Gasteiger partial charge is 0.146 e. The lowest BCUT2D eigenvalue weighted by atomic mass is 9.89. The number of ether oxygens (including phenoxy) is 2. The van der Waals surface area contributed by atoms with Crippen molar-refractivity contribution < 1.29 is 9.47 Å². The monoisotopic (exact) mass is 802 g/mol. The molecular weight excluding hydrogens is 761 g/mol. The van der Waals surface area contributed by atoms with Crippen molar-refractivity contribution in [3.05, 3.63) is 245 Å². The minimum atomic E-state index is -0.486. The summed E-state index contributed by atoms with van der Waals surface area (Å²) in [4.78, 5) is 10.9. The number of amidine groups is 1. The van der Waals surface area contributed by atoms with Gasteiger partial charge in [0.05, 0.1) is 17.5 Å². The topological polar surface area (TPSA) is 67.2 Å². The second kappa shape index (κ2) is 16.2. The Balaban J connectivity index is 1.17. The lowest BCUT2D eigenvalue weighted by Gasteiger charge is -2.31. The SMILES string of the molecule is C1=CCCC(C2=CC(c3ccccc3)=NC(c3cccc4c3-c3c(cccc3C3=NC(c5ccccc5)=CC(c5ccccc5)N3)Oc3ccccc3-c3ccccc3O4)N2)=C1. The molecule has 3 aliphatic heterocycles. The van der Waals surface area contributed by atoms with E-state index in [1.807, 2.05) is 60.7 Å². The molecule has 0 spiro atoms. The van der Waals surface area contributed by atoms with Crippen LogP contribution in [0.15, 0.2) is 228 Å². The predicted molar refractivity (Wildman–Crippen MR) is 251 cm³/mol. The fourth-order valence-corrected chi connectivity index (χ4v) is 8.74. The summed E-state index contributed by atoms with van der Waals surface area (Å²) in [5.41, 5.74) is 12.7. The molecule has 6 nitrogen and oxygen atoms in total. The van der Waals surface area contributed by atoms with Crippen LogP contribution < -0.4 is 20.1 Å². The molecule has 0 amide bonds. The van der Waals surface area contributed by atoms with Gasteiger partial charge in [-0.3, -0.25) is 4.99 Å². The second-order valence-corrected chi connectivity index (χ2v) is 15.7. The van der Waals surface area contributed by atoms with E-state index in [0.717, 1.165) is 97.4 Å². The molecule has 11 rings (SSSR count). The maximum atomic E-state index is 7.20. The van der Waals surface area contributed by atoms with Gasteiger partial charge in [-0.2, -0.15) is 0 Å². The van der Waals surface area contributed by atoms with E-state index in [4.69, 9.17) is 19.5 Å². The molecule has 7 aromatic carbocycles. The maximum absolute atomic E-state index is 7.20. The molecule has 2 unspecified atom stereocenters. The summed E-state index contributed by atoms with van der Waals surface area (Å²) in [6.07, 6.45) is 12.4. The molecule has 0 saturated heterocycles. The largest absolute Gasteiger partial charge is 0.456 e. The third kappa shape index (κ3) is 7.11. The predicted octanol–water partition coefficient (Wildman–Crippen LogP) is 13.3. The van der Waals surface area contributed by atoms with E-state index in [9.17, 15) is 0 Å². The molecule has 62 heavy (non-hydrogen) atoms. The van der Waals surface area contributed by atoms with Gasteiger partial charge in [-0.1, -0.05) is 170 Å². The minimum absolute atomic E-state index is 0.155. The van der Waals surface area contributed by atoms with E-state index < -0.39 is 6.17 Å². The Morgan fingerprint density at radius 2 is 1.13 bits per heavy atom. The van der Waals surface area contributed by atoms with E-state index in [-0.39, 0.29) is 6.04 Å². The van der Waals surface area contributed by atoms with Crippen LogP contribution in [-0.4, -0.2) is 11.5 Å². The van der Waals surface area contributed by atoms with Crippen LogP contribution in [-0.2, 0) is 0 Å². The number of rotatable bonds is 6. The molecule has 0 radical (unpaired) electrons. The van der Waals surface area contributed by atoms with E-state index in [2.05, 4.69) is 156 Å². The first-order valence-corrected chi connectivity index (χ1v) is 21.2. The fraction of sp³-hybridized carbons (Fsp3) is 0.0714. The molecule has 0 aromatic heterocycles. The summed E-state index contributed by atoms with van der Waals surface area (Å²) in [6.45, 7) is 0. The first-order valence-electron chi connectivity index (χ1n) is 21.2. The van der Waals surface area contributed by atoms with Crippen molar-refractivity contribution in [1.82, 2.24) is 10.6 Å². The highest BCUT2D eigenvalue weighted by atomic mass is 16.5. The minimum Gasteiger partial charge on any atom is -0.456 e. The Bertz CT molecular complexity index is 3020. The summed E-state index contributed by atoms with van der Waals surface area (Å²) in [5, 5.41) is 7.75. The summed E-state index contributed by atoms with van der Waals surface area (Å²) in [5.74, 6) is 3.50. The summed E-state index contributed by atoms with van der Waals surface area (Å²) >= 11 is 0. The number of benzene rings is 7. The third-order valence-corrected chi connectivity index (χ3v) is 11.7. The van der Waals surface area contributed by atoms with Gasteiger partial charge in [0.1, 0.15) is 35.0 Å². The highest BCUT2D eigenvalue weighted by Gasteiger charge is 2.32. The van der Waals surface area contributed by atoms with E-state index in [1.165, 1.54) is 5.57 Å². The van der Waals surface area contributed by atoms with Crippen molar-refractivity contribution in [3.8, 4) is 45.3 Å². The number of hydrogen-bond acceptors (Lipinski definition) is 6. The molecule has 2 atom stereocenters. The van der Waals surface area contributed by atoms with Crippen molar-refractivity contribution in [2.45, 2.75) is 25.0 Å². The number of fused-ring (bicyclic) bond motifs is 6. The van der Waals surface area contributed by atoms with Gasteiger partial charge in [0.15, 0.2) is 0 Å². The molecule has 7 aromatic rings. The van der Waals surface area contributed by atoms with Gasteiger partial charge in [-0.05, 0) is 71.5 Å². The first kappa shape index (κ1) is 37.1. The van der Waals surface area contributed by atoms with Crippen LogP contribution in [0.4, 0.5) is 0 Å². The van der Waals surface area contributed by atoms with Crippen LogP contribution in [0.25, 0.3) is 28.0 Å². The van der Waals surface area contributed by atoms with Crippen LogP contribution in [0.2, 0.25) is 0 Å². The molecule has 4 aliphatic rings. The summed E-state index contributed by atoms with van der Waals surface area (Å²) < 4.78 is 14.4. The zero-order valence-electron chi connectivity index (χ0n) is 33.9. The van der Waals surface area contributed by atoms with Crippen molar-refractivity contribution in [1.29, 1.82) is 0 Å². The Hall–Kier alpha value is -7.96. The Morgan fingerprint density at radius 1 is 0.532 bits per heavy atom. The number of allylic oxidation sites excluding steroid dienone is 5. The Labute approximate surface area is 361 Å². The highest BCUT2D eigenvalue weighted by molar-refractivity contribution is 6.11. The Kier molecular flexibility index (Phi) is 9.71. The van der Waals surface area contributed by atoms with Gasteiger partial charge in [-0.25, -0.2) is 4.99 Å². The van der Waals surface area contributed by atoms with Crippen LogP contribution in [0, 0.1) is 0 Å². The highest BCUT2D eigenvalue weighted by Crippen LogP contribution is 2.50. The zero-order valence-corrected chi connectivity index (χ0v) is 33.9. The van der Waals surface area contributed by atoms with Gasteiger partial charge >= 0.3 is 0 Å². The number of para-hydroxylation sites is 2. The molecule has 1 aliphatic carbocycles. The van der Waals surface area contributed by atoms with E-state index >= 15 is 0 Å². The van der Waals surface area contributed by atoms with Gasteiger partial charge in [-0.15, -0.1) is 0 Å². The Morgan fingerprint density at radius 3 is 1.82 bits per heavy atom. The molecule has 6 heteroatoms. The second-order valence-electron chi connectivity index (χ2n) is 15.7. The van der Waals surface area contributed by atoms with Gasteiger partial charge in [0, 0.05) is 39.1 Å². The first-order chi connectivity index (χ1) is 30.7. The van der Waals surface area contributed by atoms with Gasteiger partial charge in [0.25, 0.3) is 0 Å². The average molecular weight is 803 g/mol. The molecule has 298 valence electrons. The standard InChI is InChI=1S/C56H42N4O2/c1-5-19-37(20-6-1)45-35-46(38-21-7-2-8-22-38)58-55(57-45)43-29-17-33-51-53(43)54-44(56-59-47(39-23-9-3-10-24-39)36-48(60-56)40-25-11-4-12-26-40)30-18-34-52(54)62-50-32-16-14-28-42(50)41-27-13-15-31-49(41)61-51/h1-11,13-25,27-36,45,56,60H,12,26H2,(H,57,58). The molecule has 3 heterocycles. The molecular formula is C56H42N4O2. The molecule has 2 N–H and O–H groups in total. The van der Waals surface area contributed by atoms with Gasteiger partial charge < -0.3 is 20.1 Å². The van der Waals surface area contributed by atoms with Crippen molar-refractivity contribution in [2.24, 2.45) is 9.98 Å². The summed E-state index contributed by atoms with van der Waals surface area (Å²) in [6, 6.07) is 60.0. The fourth-order valence-electron chi connectivity index (χ4n) is 8.74. The van der Waals surface area contributed by atoms with Crippen LogP contribution in [0.1, 0.15) is 52.9 Å².